The number of nitrogens with zero attached hydrogens (tertiary/aromatic N) is 3. The van der Waals surface area contributed by atoms with E-state index in [0.717, 1.165) is 5.69 Å². The maximum absolute atomic E-state index is 12.3. The van der Waals surface area contributed by atoms with Crippen molar-refractivity contribution in [3.63, 3.8) is 0 Å². The standard InChI is InChI=1S/C17H24N6O4/c1-9(2)18-17(25)27-11-6-14(26-8-11)12-7-15(21-20-12)19-16(24)13-5-10(3)22-23(13)4/h5,7,9,11,14H,6,8H2,1-4H3,(H,18,25)(H2,19,20,21,24)/t11-,14-/m1/s1. The maximum atomic E-state index is 12.3. The van der Waals surface area contributed by atoms with Crippen LogP contribution in [-0.4, -0.2) is 50.7 Å². The minimum atomic E-state index is -0.455. The highest BCUT2D eigenvalue weighted by Gasteiger charge is 2.31. The summed E-state index contributed by atoms with van der Waals surface area (Å²) in [6.07, 6.45) is -0.545. The highest BCUT2D eigenvalue weighted by Crippen LogP contribution is 2.30. The van der Waals surface area contributed by atoms with E-state index in [9.17, 15) is 9.59 Å². The molecule has 10 heteroatoms. The van der Waals surface area contributed by atoms with Crippen molar-refractivity contribution in [2.45, 2.75) is 45.4 Å². The molecular formula is C17H24N6O4. The minimum absolute atomic E-state index is 0.0117. The lowest BCUT2D eigenvalue weighted by Gasteiger charge is -2.13. The highest BCUT2D eigenvalue weighted by molar-refractivity contribution is 6.02. The van der Waals surface area contributed by atoms with Crippen LogP contribution in [0.2, 0.25) is 0 Å². The molecule has 3 heterocycles. The third-order valence-electron chi connectivity index (χ3n) is 4.06. The Morgan fingerprint density at radius 2 is 2.19 bits per heavy atom. The number of carbonyl (C=O) groups is 2. The van der Waals surface area contributed by atoms with E-state index in [1.54, 1.807) is 19.2 Å². The summed E-state index contributed by atoms with van der Waals surface area (Å²) in [6, 6.07) is 3.42. The lowest BCUT2D eigenvalue weighted by molar-refractivity contribution is 0.0682. The first kappa shape index (κ1) is 18.9. The van der Waals surface area contributed by atoms with Crippen molar-refractivity contribution in [2.75, 3.05) is 11.9 Å². The molecule has 1 aliphatic heterocycles. The van der Waals surface area contributed by atoms with Crippen molar-refractivity contribution >= 4 is 17.8 Å². The first-order valence-corrected chi connectivity index (χ1v) is 8.78. The molecule has 1 aliphatic rings. The van der Waals surface area contributed by atoms with E-state index in [2.05, 4.69) is 25.9 Å². The van der Waals surface area contributed by atoms with Gasteiger partial charge in [-0.25, -0.2) is 4.79 Å². The first-order chi connectivity index (χ1) is 12.8. The van der Waals surface area contributed by atoms with E-state index >= 15 is 0 Å². The molecule has 146 valence electrons. The van der Waals surface area contributed by atoms with E-state index in [-0.39, 0.29) is 24.2 Å². The zero-order valence-electron chi connectivity index (χ0n) is 15.8. The van der Waals surface area contributed by atoms with Gasteiger partial charge in [-0.3, -0.25) is 14.6 Å². The van der Waals surface area contributed by atoms with Gasteiger partial charge in [0.15, 0.2) is 5.82 Å². The van der Waals surface area contributed by atoms with Crippen LogP contribution in [-0.2, 0) is 16.5 Å². The molecule has 0 spiro atoms. The second-order valence-corrected chi connectivity index (χ2v) is 6.84. The number of ether oxygens (including phenoxy) is 2. The van der Waals surface area contributed by atoms with Gasteiger partial charge in [0, 0.05) is 25.6 Å². The molecule has 2 aromatic heterocycles. The van der Waals surface area contributed by atoms with Gasteiger partial charge in [-0.2, -0.15) is 10.2 Å². The number of aromatic amines is 1. The normalized spacial score (nSPS) is 19.3. The summed E-state index contributed by atoms with van der Waals surface area (Å²) >= 11 is 0. The summed E-state index contributed by atoms with van der Waals surface area (Å²) in [7, 11) is 1.71. The summed E-state index contributed by atoms with van der Waals surface area (Å²) in [6.45, 7) is 5.86. The van der Waals surface area contributed by atoms with Crippen molar-refractivity contribution in [3.8, 4) is 0 Å². The van der Waals surface area contributed by atoms with E-state index in [4.69, 9.17) is 9.47 Å². The summed E-state index contributed by atoms with van der Waals surface area (Å²) in [5.41, 5.74) is 1.91. The van der Waals surface area contributed by atoms with Gasteiger partial charge in [0.05, 0.1) is 18.0 Å². The van der Waals surface area contributed by atoms with Crippen LogP contribution in [0.15, 0.2) is 12.1 Å². The van der Waals surface area contributed by atoms with Gasteiger partial charge < -0.3 is 20.1 Å². The fraction of sp³-hybridized carbons (Fsp3) is 0.529. The molecule has 0 aliphatic carbocycles. The van der Waals surface area contributed by atoms with E-state index in [1.165, 1.54) is 4.68 Å². The van der Waals surface area contributed by atoms with E-state index in [1.807, 2.05) is 20.8 Å². The number of hydrogen-bond donors (Lipinski definition) is 3. The van der Waals surface area contributed by atoms with Gasteiger partial charge in [0.25, 0.3) is 5.91 Å². The van der Waals surface area contributed by atoms with Gasteiger partial charge in [0.2, 0.25) is 0 Å². The topological polar surface area (TPSA) is 123 Å². The Labute approximate surface area is 156 Å². The number of anilines is 1. The van der Waals surface area contributed by atoms with Crippen molar-refractivity contribution in [1.29, 1.82) is 0 Å². The van der Waals surface area contributed by atoms with E-state index in [0.29, 0.717) is 30.2 Å². The molecule has 3 N–H and O–H groups in total. The molecule has 0 saturated carbocycles. The number of nitrogens with one attached hydrogen (secondary N) is 3. The third kappa shape index (κ3) is 4.64. The fourth-order valence-corrected chi connectivity index (χ4v) is 2.89. The molecule has 0 aromatic carbocycles. The minimum Gasteiger partial charge on any atom is -0.444 e. The number of carbonyl (C=O) groups excluding carboxylic acids is 2. The average molecular weight is 376 g/mol. The van der Waals surface area contributed by atoms with Crippen LogP contribution in [0.5, 0.6) is 0 Å². The Bertz CT molecular complexity index is 827. The highest BCUT2D eigenvalue weighted by atomic mass is 16.6. The Morgan fingerprint density at radius 1 is 1.41 bits per heavy atom. The SMILES string of the molecule is Cc1cc(C(=O)Nc2cc([C@H]3C[C@@H](OC(=O)NC(C)C)CO3)[nH]n2)n(C)n1. The molecular weight excluding hydrogens is 352 g/mol. The van der Waals surface area contributed by atoms with Crippen LogP contribution in [0.3, 0.4) is 0 Å². The van der Waals surface area contributed by atoms with Crippen molar-refractivity contribution in [2.24, 2.45) is 7.05 Å². The van der Waals surface area contributed by atoms with Crippen molar-refractivity contribution in [1.82, 2.24) is 25.3 Å². The lowest BCUT2D eigenvalue weighted by atomic mass is 10.1. The lowest BCUT2D eigenvalue weighted by Crippen LogP contribution is -2.33. The second-order valence-electron chi connectivity index (χ2n) is 6.84. The smallest absolute Gasteiger partial charge is 0.407 e. The Hall–Kier alpha value is -2.88. The predicted molar refractivity (Wildman–Crippen MR) is 96.3 cm³/mol. The zero-order valence-corrected chi connectivity index (χ0v) is 15.8. The van der Waals surface area contributed by atoms with Gasteiger partial charge in [-0.15, -0.1) is 0 Å². The second kappa shape index (κ2) is 7.78. The number of amides is 2. The number of aryl methyl sites for hydroxylation is 2. The monoisotopic (exact) mass is 376 g/mol. The molecule has 0 unspecified atom stereocenters. The fourth-order valence-electron chi connectivity index (χ4n) is 2.89. The molecule has 27 heavy (non-hydrogen) atoms. The van der Waals surface area contributed by atoms with Crippen LogP contribution < -0.4 is 10.6 Å². The number of rotatable bonds is 5. The molecule has 2 aromatic rings. The van der Waals surface area contributed by atoms with Gasteiger partial charge in [0.1, 0.15) is 17.9 Å². The maximum Gasteiger partial charge on any atom is 0.407 e. The molecule has 1 saturated heterocycles. The number of alkyl carbamates (subject to hydrolysis) is 1. The van der Waals surface area contributed by atoms with Crippen LogP contribution in [0, 0.1) is 6.92 Å². The Balaban J connectivity index is 1.56. The summed E-state index contributed by atoms with van der Waals surface area (Å²) in [4.78, 5) is 24.0. The van der Waals surface area contributed by atoms with Crippen LogP contribution >= 0.6 is 0 Å². The third-order valence-corrected chi connectivity index (χ3v) is 4.06. The van der Waals surface area contributed by atoms with Crippen LogP contribution in [0.4, 0.5) is 10.6 Å². The summed E-state index contributed by atoms with van der Waals surface area (Å²) < 4.78 is 12.5. The molecule has 0 radical (unpaired) electrons. The summed E-state index contributed by atoms with van der Waals surface area (Å²) in [5.74, 6) is 0.0921. The Kier molecular flexibility index (Phi) is 5.45. The molecule has 2 atom stereocenters. The predicted octanol–water partition coefficient (Wildman–Crippen LogP) is 1.67. The van der Waals surface area contributed by atoms with Crippen molar-refractivity contribution < 1.29 is 19.1 Å². The largest absolute Gasteiger partial charge is 0.444 e. The van der Waals surface area contributed by atoms with Crippen LogP contribution in [0.1, 0.15) is 48.2 Å². The van der Waals surface area contributed by atoms with Gasteiger partial charge >= 0.3 is 6.09 Å². The van der Waals surface area contributed by atoms with Gasteiger partial charge in [-0.05, 0) is 26.8 Å². The molecule has 2 amide bonds. The number of hydrogen-bond acceptors (Lipinski definition) is 6. The average Bonchev–Trinajstić information content (AvgIpc) is 3.27. The quantitative estimate of drug-likeness (QED) is 0.729. The molecule has 0 bridgehead atoms. The molecule has 1 fully saturated rings. The van der Waals surface area contributed by atoms with Crippen molar-refractivity contribution in [3.05, 3.63) is 29.2 Å². The van der Waals surface area contributed by atoms with Crippen LogP contribution in [0.25, 0.3) is 0 Å². The first-order valence-electron chi connectivity index (χ1n) is 8.78. The number of aromatic nitrogens is 4. The number of H-pyrrole nitrogens is 1. The summed E-state index contributed by atoms with van der Waals surface area (Å²) in [5, 5.41) is 16.5. The zero-order chi connectivity index (χ0) is 19.6. The Morgan fingerprint density at radius 3 is 2.85 bits per heavy atom. The molecule has 10 nitrogen and oxygen atoms in total. The van der Waals surface area contributed by atoms with Gasteiger partial charge in [-0.1, -0.05) is 0 Å². The molecule has 3 rings (SSSR count). The van der Waals surface area contributed by atoms with E-state index < -0.39 is 6.09 Å².